The third-order valence-electron chi connectivity index (χ3n) is 2.92. The van der Waals surface area contributed by atoms with Crippen molar-refractivity contribution in [1.29, 1.82) is 0 Å². The second-order valence-corrected chi connectivity index (χ2v) is 4.22. The fourth-order valence-corrected chi connectivity index (χ4v) is 1.82. The van der Waals surface area contributed by atoms with Gasteiger partial charge in [0.1, 0.15) is 0 Å². The van der Waals surface area contributed by atoms with Crippen molar-refractivity contribution >= 4 is 0 Å². The van der Waals surface area contributed by atoms with Gasteiger partial charge in [0, 0.05) is 38.2 Å². The van der Waals surface area contributed by atoms with Crippen LogP contribution in [0.3, 0.4) is 0 Å². The van der Waals surface area contributed by atoms with E-state index in [1.807, 2.05) is 12.3 Å². The second-order valence-electron chi connectivity index (χ2n) is 4.22. The maximum Gasteiger partial charge on any atom is 0.0570 e. The average molecular weight is 229 g/mol. The van der Waals surface area contributed by atoms with Crippen molar-refractivity contribution in [2.75, 3.05) is 0 Å². The summed E-state index contributed by atoms with van der Waals surface area (Å²) < 4.78 is 2.18. The van der Waals surface area contributed by atoms with E-state index in [4.69, 9.17) is 0 Å². The topological polar surface area (TPSA) is 29.9 Å². The number of hydrogen-bond donors (Lipinski definition) is 1. The summed E-state index contributed by atoms with van der Waals surface area (Å²) in [6.07, 6.45) is 6.14. The average Bonchev–Trinajstić information content (AvgIpc) is 2.80. The van der Waals surface area contributed by atoms with E-state index in [1.54, 1.807) is 0 Å². The highest BCUT2D eigenvalue weighted by molar-refractivity contribution is 5.17. The number of nitrogens with one attached hydrogen (secondary N) is 1. The van der Waals surface area contributed by atoms with E-state index in [1.165, 1.54) is 11.1 Å². The molecular weight excluding hydrogens is 210 g/mol. The molecule has 2 rings (SSSR count). The van der Waals surface area contributed by atoms with Crippen LogP contribution in [0.4, 0.5) is 0 Å². The van der Waals surface area contributed by atoms with Crippen LogP contribution in [0, 0.1) is 6.92 Å². The van der Waals surface area contributed by atoms with E-state index in [-0.39, 0.29) is 0 Å². The minimum absolute atomic E-state index is 0.823. The van der Waals surface area contributed by atoms with Gasteiger partial charge in [-0.3, -0.25) is 4.98 Å². The number of aromatic nitrogens is 2. The maximum atomic E-state index is 4.36. The molecule has 0 aliphatic rings. The van der Waals surface area contributed by atoms with Crippen LogP contribution in [0.1, 0.15) is 23.7 Å². The molecule has 0 amide bonds. The highest BCUT2D eigenvalue weighted by Gasteiger charge is 1.99. The van der Waals surface area contributed by atoms with Crippen molar-refractivity contribution in [3.63, 3.8) is 0 Å². The lowest BCUT2D eigenvalue weighted by Gasteiger charge is -2.05. The van der Waals surface area contributed by atoms with Crippen LogP contribution in [0.25, 0.3) is 0 Å². The molecule has 0 spiro atoms. The summed E-state index contributed by atoms with van der Waals surface area (Å²) >= 11 is 0. The highest BCUT2D eigenvalue weighted by atomic mass is 14.9. The molecule has 1 N–H and O–H groups in total. The lowest BCUT2D eigenvalue weighted by molar-refractivity contribution is 0.672. The van der Waals surface area contributed by atoms with Crippen molar-refractivity contribution in [2.24, 2.45) is 0 Å². The zero-order chi connectivity index (χ0) is 12.1. The first-order valence-corrected chi connectivity index (χ1v) is 6.05. The Morgan fingerprint density at radius 1 is 1.29 bits per heavy atom. The first-order valence-electron chi connectivity index (χ1n) is 6.05. The van der Waals surface area contributed by atoms with Gasteiger partial charge in [-0.05, 0) is 37.1 Å². The number of pyridine rings is 1. The fraction of sp³-hybridized carbons (Fsp3) is 0.357. The van der Waals surface area contributed by atoms with Crippen LogP contribution in [-0.4, -0.2) is 9.55 Å². The van der Waals surface area contributed by atoms with Gasteiger partial charge in [0.05, 0.1) is 5.69 Å². The molecule has 0 aliphatic carbocycles. The Kier molecular flexibility index (Phi) is 3.94. The van der Waals surface area contributed by atoms with Crippen molar-refractivity contribution in [1.82, 2.24) is 14.9 Å². The van der Waals surface area contributed by atoms with Crippen LogP contribution in [0.2, 0.25) is 0 Å². The lowest BCUT2D eigenvalue weighted by atomic mass is 10.2. The molecular formula is C14H19N3. The van der Waals surface area contributed by atoms with E-state index >= 15 is 0 Å². The zero-order valence-corrected chi connectivity index (χ0v) is 10.5. The number of aryl methyl sites for hydroxylation is 2. The van der Waals surface area contributed by atoms with Gasteiger partial charge in [0.2, 0.25) is 0 Å². The molecule has 17 heavy (non-hydrogen) atoms. The monoisotopic (exact) mass is 229 g/mol. The highest BCUT2D eigenvalue weighted by Crippen LogP contribution is 2.04. The molecule has 0 saturated carbocycles. The summed E-state index contributed by atoms with van der Waals surface area (Å²) in [6.45, 7) is 6.98. The minimum Gasteiger partial charge on any atom is -0.354 e. The second kappa shape index (κ2) is 5.64. The Morgan fingerprint density at radius 2 is 2.18 bits per heavy atom. The molecule has 0 unspecified atom stereocenters. The van der Waals surface area contributed by atoms with Gasteiger partial charge in [0.25, 0.3) is 0 Å². The Morgan fingerprint density at radius 3 is 2.88 bits per heavy atom. The van der Waals surface area contributed by atoms with Gasteiger partial charge < -0.3 is 9.88 Å². The molecule has 0 radical (unpaired) electrons. The molecule has 2 aromatic rings. The lowest BCUT2D eigenvalue weighted by Crippen LogP contribution is -2.14. The molecule has 3 heteroatoms. The quantitative estimate of drug-likeness (QED) is 0.853. The molecule has 0 atom stereocenters. The van der Waals surface area contributed by atoms with Gasteiger partial charge in [-0.1, -0.05) is 6.07 Å². The Labute approximate surface area is 103 Å². The van der Waals surface area contributed by atoms with E-state index < -0.39 is 0 Å². The van der Waals surface area contributed by atoms with Gasteiger partial charge in [-0.15, -0.1) is 0 Å². The summed E-state index contributed by atoms with van der Waals surface area (Å²) in [5, 5.41) is 3.42. The normalized spacial score (nSPS) is 10.7. The Balaban J connectivity index is 1.85. The van der Waals surface area contributed by atoms with Crippen molar-refractivity contribution in [3.8, 4) is 0 Å². The SMILES string of the molecule is CCn1ccc(CNCc2ncccc2C)c1. The summed E-state index contributed by atoms with van der Waals surface area (Å²) in [5.41, 5.74) is 3.69. The zero-order valence-electron chi connectivity index (χ0n) is 10.5. The largest absolute Gasteiger partial charge is 0.354 e. The molecule has 0 aliphatic heterocycles. The van der Waals surface area contributed by atoms with Crippen molar-refractivity contribution in [2.45, 2.75) is 33.5 Å². The van der Waals surface area contributed by atoms with E-state index in [0.29, 0.717) is 0 Å². The summed E-state index contributed by atoms with van der Waals surface area (Å²) in [6, 6.07) is 6.22. The maximum absolute atomic E-state index is 4.36. The predicted molar refractivity (Wildman–Crippen MR) is 69.6 cm³/mol. The molecule has 2 heterocycles. The number of hydrogen-bond acceptors (Lipinski definition) is 2. The Bertz CT molecular complexity index is 474. The number of rotatable bonds is 5. The van der Waals surface area contributed by atoms with Crippen LogP contribution in [-0.2, 0) is 19.6 Å². The van der Waals surface area contributed by atoms with Crippen LogP contribution >= 0.6 is 0 Å². The molecule has 0 fully saturated rings. The predicted octanol–water partition coefficient (Wildman–Crippen LogP) is 2.50. The van der Waals surface area contributed by atoms with Gasteiger partial charge in [-0.25, -0.2) is 0 Å². The van der Waals surface area contributed by atoms with E-state index in [0.717, 1.165) is 25.3 Å². The molecule has 3 nitrogen and oxygen atoms in total. The summed E-state index contributed by atoms with van der Waals surface area (Å²) in [7, 11) is 0. The van der Waals surface area contributed by atoms with Gasteiger partial charge in [-0.2, -0.15) is 0 Å². The minimum atomic E-state index is 0.823. The number of nitrogens with zero attached hydrogens (tertiary/aromatic N) is 2. The van der Waals surface area contributed by atoms with Crippen LogP contribution in [0.15, 0.2) is 36.8 Å². The smallest absolute Gasteiger partial charge is 0.0570 e. The fourth-order valence-electron chi connectivity index (χ4n) is 1.82. The van der Waals surface area contributed by atoms with Crippen LogP contribution in [0.5, 0.6) is 0 Å². The third kappa shape index (κ3) is 3.17. The van der Waals surface area contributed by atoms with E-state index in [9.17, 15) is 0 Å². The van der Waals surface area contributed by atoms with Crippen LogP contribution < -0.4 is 5.32 Å². The van der Waals surface area contributed by atoms with E-state index in [2.05, 4.69) is 53.2 Å². The summed E-state index contributed by atoms with van der Waals surface area (Å²) in [5.74, 6) is 0. The molecule has 2 aromatic heterocycles. The van der Waals surface area contributed by atoms with Crippen molar-refractivity contribution in [3.05, 3.63) is 53.6 Å². The molecule has 0 saturated heterocycles. The first-order chi connectivity index (χ1) is 8.29. The van der Waals surface area contributed by atoms with Gasteiger partial charge in [0.15, 0.2) is 0 Å². The van der Waals surface area contributed by atoms with Gasteiger partial charge >= 0.3 is 0 Å². The Hall–Kier alpha value is -1.61. The standard InChI is InChI=1S/C14H19N3/c1-3-17-8-6-13(11-17)9-15-10-14-12(2)5-4-7-16-14/h4-8,11,15H,3,9-10H2,1-2H3. The molecule has 90 valence electrons. The molecule has 0 bridgehead atoms. The molecule has 0 aromatic carbocycles. The van der Waals surface area contributed by atoms with Crippen molar-refractivity contribution < 1.29 is 0 Å². The summed E-state index contributed by atoms with van der Waals surface area (Å²) in [4.78, 5) is 4.36. The third-order valence-corrected chi connectivity index (χ3v) is 2.92. The first kappa shape index (κ1) is 11.9.